The number of aryl methyl sites for hydroxylation is 1. The Balaban J connectivity index is 2.07. The number of aliphatic hydroxyl groups excluding tert-OH is 1. The summed E-state index contributed by atoms with van der Waals surface area (Å²) in [6.07, 6.45) is 1.53. The van der Waals surface area contributed by atoms with Gasteiger partial charge in [-0.3, -0.25) is 5.10 Å². The summed E-state index contributed by atoms with van der Waals surface area (Å²) in [6.45, 7) is 1.23. The average molecular weight is 287 g/mol. The minimum Gasteiger partial charge on any atom is -0.390 e. The molecule has 0 saturated heterocycles. The molecule has 2 heterocycles. The van der Waals surface area contributed by atoms with Gasteiger partial charge in [0, 0.05) is 13.0 Å². The monoisotopic (exact) mass is 287 g/mol. The molecule has 0 spiro atoms. The third kappa shape index (κ3) is 2.97. The van der Waals surface area contributed by atoms with Crippen LogP contribution in [0.15, 0.2) is 15.7 Å². The summed E-state index contributed by atoms with van der Waals surface area (Å²) < 4.78 is 31.3. The van der Waals surface area contributed by atoms with Crippen molar-refractivity contribution < 1.29 is 18.0 Å². The molecule has 2 aromatic rings. The van der Waals surface area contributed by atoms with E-state index in [0.29, 0.717) is 11.6 Å². The van der Waals surface area contributed by atoms with Gasteiger partial charge in [-0.05, 0) is 6.92 Å². The largest absolute Gasteiger partial charge is 0.390 e. The van der Waals surface area contributed by atoms with Crippen molar-refractivity contribution in [1.82, 2.24) is 25.1 Å². The molecule has 2 rings (SSSR count). The van der Waals surface area contributed by atoms with Crippen LogP contribution in [0, 0.1) is 6.92 Å². The SMILES string of the molecule is Cc1[nH]nc(CO)c1S(=O)(=O)NCCc1ncno1. The number of rotatable bonds is 6. The van der Waals surface area contributed by atoms with Crippen molar-refractivity contribution in [2.45, 2.75) is 24.8 Å². The van der Waals surface area contributed by atoms with E-state index in [0.717, 1.165) is 0 Å². The second kappa shape index (κ2) is 5.47. The summed E-state index contributed by atoms with van der Waals surface area (Å²) >= 11 is 0. The van der Waals surface area contributed by atoms with Gasteiger partial charge in [-0.25, -0.2) is 13.1 Å². The van der Waals surface area contributed by atoms with Gasteiger partial charge in [0.2, 0.25) is 15.9 Å². The summed E-state index contributed by atoms with van der Waals surface area (Å²) in [4.78, 5) is 3.75. The molecule has 19 heavy (non-hydrogen) atoms. The Labute approximate surface area is 109 Å². The van der Waals surface area contributed by atoms with E-state index in [-0.39, 0.29) is 23.6 Å². The zero-order chi connectivity index (χ0) is 13.9. The number of hydrogen-bond acceptors (Lipinski definition) is 7. The number of aromatic amines is 1. The Morgan fingerprint density at radius 2 is 2.32 bits per heavy atom. The number of aromatic nitrogens is 4. The first kappa shape index (κ1) is 13.6. The smallest absolute Gasteiger partial charge is 0.244 e. The molecule has 0 amide bonds. The molecule has 0 aromatic carbocycles. The highest BCUT2D eigenvalue weighted by molar-refractivity contribution is 7.89. The van der Waals surface area contributed by atoms with Gasteiger partial charge in [-0.1, -0.05) is 5.16 Å². The third-order valence-corrected chi connectivity index (χ3v) is 4.08. The maximum atomic E-state index is 12.1. The van der Waals surface area contributed by atoms with Crippen LogP contribution in [-0.2, 0) is 23.1 Å². The lowest BCUT2D eigenvalue weighted by molar-refractivity contribution is 0.273. The van der Waals surface area contributed by atoms with Crippen LogP contribution >= 0.6 is 0 Å². The lowest BCUT2D eigenvalue weighted by Gasteiger charge is -2.05. The molecule has 2 aromatic heterocycles. The van der Waals surface area contributed by atoms with Gasteiger partial charge in [-0.2, -0.15) is 10.1 Å². The summed E-state index contributed by atoms with van der Waals surface area (Å²) in [5.74, 6) is 0.342. The lowest BCUT2D eigenvalue weighted by Crippen LogP contribution is -2.27. The van der Waals surface area contributed by atoms with Crippen molar-refractivity contribution >= 4 is 10.0 Å². The first-order chi connectivity index (χ1) is 9.04. The summed E-state index contributed by atoms with van der Waals surface area (Å²) in [7, 11) is -3.74. The fourth-order valence-corrected chi connectivity index (χ4v) is 2.99. The Morgan fingerprint density at radius 1 is 1.53 bits per heavy atom. The van der Waals surface area contributed by atoms with Gasteiger partial charge >= 0.3 is 0 Å². The van der Waals surface area contributed by atoms with Crippen LogP contribution in [-0.4, -0.2) is 40.4 Å². The molecule has 0 bridgehead atoms. The Kier molecular flexibility index (Phi) is 3.93. The number of aliphatic hydroxyl groups is 1. The van der Waals surface area contributed by atoms with E-state index in [9.17, 15) is 8.42 Å². The maximum absolute atomic E-state index is 12.1. The number of nitrogens with zero attached hydrogens (tertiary/aromatic N) is 3. The van der Waals surface area contributed by atoms with Crippen molar-refractivity contribution in [1.29, 1.82) is 0 Å². The van der Waals surface area contributed by atoms with Crippen molar-refractivity contribution in [3.63, 3.8) is 0 Å². The third-order valence-electron chi connectivity index (χ3n) is 2.42. The summed E-state index contributed by atoms with van der Waals surface area (Å²) in [5.41, 5.74) is 0.456. The van der Waals surface area contributed by atoms with Crippen LogP contribution in [0.4, 0.5) is 0 Å². The first-order valence-corrected chi connectivity index (χ1v) is 6.93. The van der Waals surface area contributed by atoms with Crippen molar-refractivity contribution in [2.75, 3.05) is 6.54 Å². The fraction of sp³-hybridized carbons (Fsp3) is 0.444. The molecule has 0 unspecified atom stereocenters. The van der Waals surface area contributed by atoms with Crippen LogP contribution in [0.1, 0.15) is 17.3 Å². The van der Waals surface area contributed by atoms with Crippen LogP contribution < -0.4 is 4.72 Å². The Morgan fingerprint density at radius 3 is 2.95 bits per heavy atom. The van der Waals surface area contributed by atoms with E-state index in [2.05, 4.69) is 25.1 Å². The van der Waals surface area contributed by atoms with E-state index in [1.54, 1.807) is 6.92 Å². The van der Waals surface area contributed by atoms with Crippen molar-refractivity contribution in [3.05, 3.63) is 23.6 Å². The zero-order valence-corrected chi connectivity index (χ0v) is 10.9. The van der Waals surface area contributed by atoms with Crippen molar-refractivity contribution in [2.24, 2.45) is 0 Å². The minimum absolute atomic E-state index is 0.0273. The average Bonchev–Trinajstić information content (AvgIpc) is 2.98. The molecule has 0 aliphatic heterocycles. The van der Waals surface area contributed by atoms with Gasteiger partial charge in [0.05, 0.1) is 12.3 Å². The minimum atomic E-state index is -3.74. The molecular formula is C9H13N5O4S. The normalized spacial score (nSPS) is 11.9. The number of H-pyrrole nitrogens is 1. The van der Waals surface area contributed by atoms with Gasteiger partial charge in [0.15, 0.2) is 6.33 Å². The summed E-state index contributed by atoms with van der Waals surface area (Å²) in [5, 5.41) is 18.7. The molecule has 3 N–H and O–H groups in total. The second-order valence-corrected chi connectivity index (χ2v) is 5.47. The van der Waals surface area contributed by atoms with Crippen LogP contribution in [0.3, 0.4) is 0 Å². The van der Waals surface area contributed by atoms with E-state index < -0.39 is 16.6 Å². The predicted molar refractivity (Wildman–Crippen MR) is 62.4 cm³/mol. The van der Waals surface area contributed by atoms with E-state index in [4.69, 9.17) is 9.63 Å². The van der Waals surface area contributed by atoms with E-state index in [1.165, 1.54) is 6.33 Å². The summed E-state index contributed by atoms with van der Waals surface area (Å²) in [6, 6.07) is 0. The number of hydrogen-bond donors (Lipinski definition) is 3. The van der Waals surface area contributed by atoms with Crippen LogP contribution in [0.25, 0.3) is 0 Å². The second-order valence-electron chi connectivity index (χ2n) is 3.77. The molecule has 10 heteroatoms. The molecule has 0 fully saturated rings. The topological polar surface area (TPSA) is 134 Å². The Bertz CT molecular complexity index is 634. The fourth-order valence-electron chi connectivity index (χ4n) is 1.60. The zero-order valence-electron chi connectivity index (χ0n) is 10.1. The molecule has 0 radical (unpaired) electrons. The van der Waals surface area contributed by atoms with Gasteiger partial charge in [0.1, 0.15) is 10.6 Å². The van der Waals surface area contributed by atoms with Gasteiger partial charge in [0.25, 0.3) is 0 Å². The van der Waals surface area contributed by atoms with Crippen molar-refractivity contribution in [3.8, 4) is 0 Å². The van der Waals surface area contributed by atoms with Crippen LogP contribution in [0.2, 0.25) is 0 Å². The molecule has 0 aliphatic rings. The van der Waals surface area contributed by atoms with Gasteiger partial charge < -0.3 is 9.63 Å². The number of nitrogens with one attached hydrogen (secondary N) is 2. The lowest BCUT2D eigenvalue weighted by atomic mass is 10.4. The predicted octanol–water partition coefficient (Wildman–Crippen LogP) is -0.886. The quantitative estimate of drug-likeness (QED) is 0.627. The molecule has 104 valence electrons. The maximum Gasteiger partial charge on any atom is 0.244 e. The standard InChI is InChI=1S/C9H13N5O4S/c1-6-9(7(4-15)14-13-6)19(16,17)12-3-2-8-10-5-11-18-8/h5,12,15H,2-4H2,1H3,(H,13,14). The highest BCUT2D eigenvalue weighted by Crippen LogP contribution is 2.17. The molecule has 0 atom stereocenters. The highest BCUT2D eigenvalue weighted by Gasteiger charge is 2.23. The highest BCUT2D eigenvalue weighted by atomic mass is 32.2. The van der Waals surface area contributed by atoms with E-state index in [1.807, 2.05) is 0 Å². The molecular weight excluding hydrogens is 274 g/mol. The molecule has 9 nitrogen and oxygen atoms in total. The number of sulfonamides is 1. The van der Waals surface area contributed by atoms with E-state index >= 15 is 0 Å². The van der Waals surface area contributed by atoms with Crippen LogP contribution in [0.5, 0.6) is 0 Å². The first-order valence-electron chi connectivity index (χ1n) is 5.44. The van der Waals surface area contributed by atoms with Gasteiger partial charge in [-0.15, -0.1) is 0 Å². The molecule has 0 aliphatic carbocycles. The molecule has 0 saturated carbocycles. The Hall–Kier alpha value is -1.78.